The normalized spacial score (nSPS) is 11.9. The van der Waals surface area contributed by atoms with Crippen molar-refractivity contribution in [2.45, 2.75) is 18.0 Å². The SMILES string of the molecule is CNCc1ccc(S(=O)(=O)N(C)Cc2cccs2)cc1. The summed E-state index contributed by atoms with van der Waals surface area (Å²) in [6.07, 6.45) is 0. The van der Waals surface area contributed by atoms with Gasteiger partial charge in [-0.15, -0.1) is 11.3 Å². The molecule has 0 aliphatic rings. The van der Waals surface area contributed by atoms with Gasteiger partial charge in [-0.1, -0.05) is 18.2 Å². The van der Waals surface area contributed by atoms with Gasteiger partial charge in [-0.25, -0.2) is 8.42 Å². The maximum atomic E-state index is 12.4. The van der Waals surface area contributed by atoms with Crippen molar-refractivity contribution in [2.24, 2.45) is 0 Å². The van der Waals surface area contributed by atoms with Gasteiger partial charge in [-0.2, -0.15) is 4.31 Å². The molecule has 1 heterocycles. The molecule has 1 aromatic heterocycles. The Bertz CT molecular complexity index is 634. The van der Waals surface area contributed by atoms with E-state index >= 15 is 0 Å². The maximum absolute atomic E-state index is 12.4. The minimum atomic E-state index is -3.43. The Labute approximate surface area is 124 Å². The van der Waals surface area contributed by atoms with Gasteiger partial charge in [-0.05, 0) is 36.2 Å². The lowest BCUT2D eigenvalue weighted by molar-refractivity contribution is 0.469. The van der Waals surface area contributed by atoms with Crippen LogP contribution in [0, 0.1) is 0 Å². The van der Waals surface area contributed by atoms with E-state index in [-0.39, 0.29) is 0 Å². The fourth-order valence-corrected chi connectivity index (χ4v) is 3.86. The fourth-order valence-electron chi connectivity index (χ4n) is 1.87. The summed E-state index contributed by atoms with van der Waals surface area (Å²) in [5.41, 5.74) is 1.06. The van der Waals surface area contributed by atoms with Crippen molar-refractivity contribution in [1.29, 1.82) is 0 Å². The summed E-state index contributed by atoms with van der Waals surface area (Å²) in [4.78, 5) is 1.36. The molecule has 0 atom stereocenters. The maximum Gasteiger partial charge on any atom is 0.243 e. The van der Waals surface area contributed by atoms with Gasteiger partial charge < -0.3 is 5.32 Å². The number of hydrogen-bond acceptors (Lipinski definition) is 4. The lowest BCUT2D eigenvalue weighted by Crippen LogP contribution is -2.26. The second-order valence-electron chi connectivity index (χ2n) is 4.51. The molecule has 0 unspecified atom stereocenters. The first kappa shape index (κ1) is 15.2. The van der Waals surface area contributed by atoms with E-state index in [1.807, 2.05) is 36.7 Å². The zero-order valence-corrected chi connectivity index (χ0v) is 13.2. The van der Waals surface area contributed by atoms with E-state index < -0.39 is 10.0 Å². The minimum absolute atomic E-state index is 0.330. The predicted octanol–water partition coefficient (Wildman–Crippen LogP) is 2.29. The van der Waals surface area contributed by atoms with Crippen molar-refractivity contribution in [2.75, 3.05) is 14.1 Å². The number of hydrogen-bond donors (Lipinski definition) is 1. The summed E-state index contributed by atoms with van der Waals surface area (Å²) in [6.45, 7) is 1.13. The molecule has 1 N–H and O–H groups in total. The second-order valence-corrected chi connectivity index (χ2v) is 7.59. The summed E-state index contributed by atoms with van der Waals surface area (Å²) in [6, 6.07) is 10.9. The largest absolute Gasteiger partial charge is 0.316 e. The Balaban J connectivity index is 2.16. The molecule has 0 bridgehead atoms. The Kier molecular flexibility index (Phi) is 4.93. The third-order valence-electron chi connectivity index (χ3n) is 2.97. The molecule has 2 aromatic rings. The van der Waals surface area contributed by atoms with Crippen molar-refractivity contribution in [3.05, 3.63) is 52.2 Å². The first-order valence-corrected chi connectivity index (χ1v) is 8.58. The number of thiophene rings is 1. The highest BCUT2D eigenvalue weighted by Gasteiger charge is 2.20. The summed E-state index contributed by atoms with van der Waals surface area (Å²) in [5, 5.41) is 4.98. The highest BCUT2D eigenvalue weighted by atomic mass is 32.2. The zero-order chi connectivity index (χ0) is 14.6. The molecular weight excluding hydrogens is 292 g/mol. The third-order valence-corrected chi connectivity index (χ3v) is 5.65. The van der Waals surface area contributed by atoms with Crippen LogP contribution >= 0.6 is 11.3 Å². The number of sulfonamides is 1. The van der Waals surface area contributed by atoms with Crippen LogP contribution in [-0.2, 0) is 23.1 Å². The highest BCUT2D eigenvalue weighted by molar-refractivity contribution is 7.89. The number of nitrogens with one attached hydrogen (secondary N) is 1. The first-order valence-electron chi connectivity index (χ1n) is 6.26. The number of nitrogens with zero attached hydrogens (tertiary/aromatic N) is 1. The van der Waals surface area contributed by atoms with Gasteiger partial charge in [0.25, 0.3) is 0 Å². The lowest BCUT2D eigenvalue weighted by atomic mass is 10.2. The van der Waals surface area contributed by atoms with Crippen molar-refractivity contribution in [1.82, 2.24) is 9.62 Å². The average Bonchev–Trinajstić information content (AvgIpc) is 2.92. The number of rotatable bonds is 6. The van der Waals surface area contributed by atoms with Crippen molar-refractivity contribution in [3.63, 3.8) is 0 Å². The molecule has 108 valence electrons. The van der Waals surface area contributed by atoms with Crippen LogP contribution in [0.5, 0.6) is 0 Å². The molecule has 0 fully saturated rings. The van der Waals surface area contributed by atoms with Crippen LogP contribution in [0.3, 0.4) is 0 Å². The van der Waals surface area contributed by atoms with Crippen molar-refractivity contribution >= 4 is 21.4 Å². The van der Waals surface area contributed by atoms with Crippen LogP contribution in [-0.4, -0.2) is 26.8 Å². The standard InChI is InChI=1S/C14H18N2O2S2/c1-15-10-12-5-7-14(8-6-12)20(17,18)16(2)11-13-4-3-9-19-13/h3-9,15H,10-11H2,1-2H3. The zero-order valence-electron chi connectivity index (χ0n) is 11.5. The Morgan fingerprint density at radius 3 is 2.45 bits per heavy atom. The Hall–Kier alpha value is -1.21. The average molecular weight is 310 g/mol. The van der Waals surface area contributed by atoms with Crippen LogP contribution in [0.1, 0.15) is 10.4 Å². The molecule has 2 rings (SSSR count). The third kappa shape index (κ3) is 3.46. The molecule has 20 heavy (non-hydrogen) atoms. The van der Waals surface area contributed by atoms with E-state index in [4.69, 9.17) is 0 Å². The van der Waals surface area contributed by atoms with E-state index in [1.54, 1.807) is 30.5 Å². The molecular formula is C14H18N2O2S2. The van der Waals surface area contributed by atoms with E-state index in [0.717, 1.165) is 17.0 Å². The predicted molar refractivity (Wildman–Crippen MR) is 82.2 cm³/mol. The molecule has 0 radical (unpaired) electrons. The van der Waals surface area contributed by atoms with Gasteiger partial charge in [0.2, 0.25) is 10.0 Å². The molecule has 0 amide bonds. The van der Waals surface area contributed by atoms with E-state index in [1.165, 1.54) is 4.31 Å². The highest BCUT2D eigenvalue weighted by Crippen LogP contribution is 2.19. The van der Waals surface area contributed by atoms with E-state index in [0.29, 0.717) is 11.4 Å². The molecule has 0 saturated heterocycles. The Morgan fingerprint density at radius 1 is 1.20 bits per heavy atom. The van der Waals surface area contributed by atoms with Gasteiger partial charge >= 0.3 is 0 Å². The van der Waals surface area contributed by atoms with Crippen LogP contribution in [0.2, 0.25) is 0 Å². The van der Waals surface area contributed by atoms with Gasteiger partial charge in [0.1, 0.15) is 0 Å². The van der Waals surface area contributed by atoms with Gasteiger partial charge in [0.05, 0.1) is 4.90 Å². The summed E-state index contributed by atoms with van der Waals surface area (Å²) in [5.74, 6) is 0. The van der Waals surface area contributed by atoms with Crippen LogP contribution in [0.15, 0.2) is 46.7 Å². The molecule has 0 aliphatic carbocycles. The minimum Gasteiger partial charge on any atom is -0.316 e. The molecule has 0 aliphatic heterocycles. The summed E-state index contributed by atoms with van der Waals surface area (Å²) >= 11 is 1.56. The smallest absolute Gasteiger partial charge is 0.243 e. The van der Waals surface area contributed by atoms with Crippen LogP contribution < -0.4 is 5.32 Å². The first-order chi connectivity index (χ1) is 9.54. The lowest BCUT2D eigenvalue weighted by Gasteiger charge is -2.16. The van der Waals surface area contributed by atoms with Crippen molar-refractivity contribution in [3.8, 4) is 0 Å². The molecule has 6 heteroatoms. The molecule has 4 nitrogen and oxygen atoms in total. The second kappa shape index (κ2) is 6.49. The molecule has 1 aromatic carbocycles. The van der Waals surface area contributed by atoms with E-state index in [2.05, 4.69) is 5.32 Å². The topological polar surface area (TPSA) is 49.4 Å². The van der Waals surface area contributed by atoms with Gasteiger partial charge in [-0.3, -0.25) is 0 Å². The van der Waals surface area contributed by atoms with E-state index in [9.17, 15) is 8.42 Å². The Morgan fingerprint density at radius 2 is 1.90 bits per heavy atom. The van der Waals surface area contributed by atoms with Gasteiger partial charge in [0, 0.05) is 25.0 Å². The van der Waals surface area contributed by atoms with Crippen LogP contribution in [0.4, 0.5) is 0 Å². The molecule has 0 spiro atoms. The number of benzene rings is 1. The summed E-state index contributed by atoms with van der Waals surface area (Å²) < 4.78 is 26.3. The molecule has 0 saturated carbocycles. The van der Waals surface area contributed by atoms with Crippen molar-refractivity contribution < 1.29 is 8.42 Å². The van der Waals surface area contributed by atoms with Gasteiger partial charge in [0.15, 0.2) is 0 Å². The van der Waals surface area contributed by atoms with Crippen LogP contribution in [0.25, 0.3) is 0 Å². The summed E-state index contributed by atoms with van der Waals surface area (Å²) in [7, 11) is 0.0411. The monoisotopic (exact) mass is 310 g/mol. The quantitative estimate of drug-likeness (QED) is 0.890. The fraction of sp³-hybridized carbons (Fsp3) is 0.286.